The summed E-state index contributed by atoms with van der Waals surface area (Å²) in [6.07, 6.45) is 2.08. The van der Waals surface area contributed by atoms with Crippen molar-refractivity contribution in [1.82, 2.24) is 4.57 Å². The molecule has 0 aliphatic heterocycles. The summed E-state index contributed by atoms with van der Waals surface area (Å²) in [6, 6.07) is 71.2. The highest BCUT2D eigenvalue weighted by Gasteiger charge is 2.17. The second-order valence-corrected chi connectivity index (χ2v) is 14.5. The molecule has 0 bridgehead atoms. The van der Waals surface area contributed by atoms with Gasteiger partial charge in [-0.3, -0.25) is 0 Å². The summed E-state index contributed by atoms with van der Waals surface area (Å²) in [5, 5.41) is 2.53. The number of aromatic nitrogens is 1. The van der Waals surface area contributed by atoms with Crippen LogP contribution in [0, 0.1) is 6.92 Å². The van der Waals surface area contributed by atoms with Crippen molar-refractivity contribution >= 4 is 21.8 Å². The number of fused-ring (bicyclic) bond motifs is 3. The van der Waals surface area contributed by atoms with E-state index in [0.717, 1.165) is 12.8 Å². The molecular weight excluding hydrogens is 651 g/mol. The van der Waals surface area contributed by atoms with Gasteiger partial charge < -0.3 is 4.57 Å². The van der Waals surface area contributed by atoms with Crippen LogP contribution in [0.3, 0.4) is 0 Å². The molecule has 0 aliphatic carbocycles. The lowest BCUT2D eigenvalue weighted by Gasteiger charge is -2.20. The predicted molar refractivity (Wildman–Crippen MR) is 230 cm³/mol. The standard InChI is InChI=1S/C53H43N/c1-3-38(41-24-26-42(27-25-41)39-14-6-4-7-15-39)34-46-18-10-11-19-48(46)50-35-44(23-22-37(50)2)45-30-33-53-51(36-45)49-20-12-13-21-52(49)54(53)47-31-28-43(29-32-47)40-16-8-5-9-17-40/h4-33,35-36,38H,3,34H2,1-2H3. The molecule has 8 aromatic carbocycles. The van der Waals surface area contributed by atoms with E-state index in [1.165, 1.54) is 88.7 Å². The first-order valence-electron chi connectivity index (χ1n) is 19.2. The monoisotopic (exact) mass is 693 g/mol. The molecule has 0 radical (unpaired) electrons. The normalized spacial score (nSPS) is 12.0. The summed E-state index contributed by atoms with van der Waals surface area (Å²) in [6.45, 7) is 4.56. The van der Waals surface area contributed by atoms with E-state index in [0.29, 0.717) is 5.92 Å². The zero-order valence-electron chi connectivity index (χ0n) is 30.9. The van der Waals surface area contributed by atoms with E-state index in [9.17, 15) is 0 Å². The zero-order valence-corrected chi connectivity index (χ0v) is 30.9. The number of hydrogen-bond acceptors (Lipinski definition) is 0. The summed E-state index contributed by atoms with van der Waals surface area (Å²) in [4.78, 5) is 0. The van der Waals surface area contributed by atoms with E-state index < -0.39 is 0 Å². The predicted octanol–water partition coefficient (Wildman–Crippen LogP) is 14.5. The molecule has 0 fully saturated rings. The fourth-order valence-corrected chi connectivity index (χ4v) is 8.26. The smallest absolute Gasteiger partial charge is 0.0541 e. The Kier molecular flexibility index (Phi) is 8.99. The lowest BCUT2D eigenvalue weighted by Crippen LogP contribution is -2.03. The van der Waals surface area contributed by atoms with Crippen molar-refractivity contribution in [2.24, 2.45) is 0 Å². The summed E-state index contributed by atoms with van der Waals surface area (Å²) in [5.41, 5.74) is 17.8. The molecule has 1 unspecified atom stereocenters. The van der Waals surface area contributed by atoms with Crippen LogP contribution in [0.5, 0.6) is 0 Å². The maximum Gasteiger partial charge on any atom is 0.0541 e. The fraction of sp³-hybridized carbons (Fsp3) is 0.0943. The highest BCUT2D eigenvalue weighted by Crippen LogP contribution is 2.38. The Morgan fingerprint density at radius 2 is 0.963 bits per heavy atom. The van der Waals surface area contributed by atoms with Gasteiger partial charge in [0.1, 0.15) is 0 Å². The van der Waals surface area contributed by atoms with Gasteiger partial charge in [0.25, 0.3) is 0 Å². The van der Waals surface area contributed by atoms with Crippen molar-refractivity contribution in [1.29, 1.82) is 0 Å². The van der Waals surface area contributed by atoms with Crippen molar-refractivity contribution in [3.8, 4) is 50.2 Å². The van der Waals surface area contributed by atoms with Crippen molar-refractivity contribution in [2.45, 2.75) is 32.6 Å². The molecule has 1 atom stereocenters. The first-order valence-corrected chi connectivity index (χ1v) is 19.2. The summed E-state index contributed by atoms with van der Waals surface area (Å²) in [7, 11) is 0. The number of rotatable bonds is 9. The van der Waals surface area contributed by atoms with Crippen molar-refractivity contribution in [3.05, 3.63) is 211 Å². The molecular formula is C53H43N. The van der Waals surface area contributed by atoms with Gasteiger partial charge in [-0.05, 0) is 123 Å². The molecule has 0 saturated heterocycles. The van der Waals surface area contributed by atoms with Crippen molar-refractivity contribution in [3.63, 3.8) is 0 Å². The van der Waals surface area contributed by atoms with Crippen LogP contribution in [0.1, 0.15) is 36.0 Å². The fourth-order valence-electron chi connectivity index (χ4n) is 8.26. The minimum absolute atomic E-state index is 0.439. The van der Waals surface area contributed by atoms with Gasteiger partial charge in [0.05, 0.1) is 11.0 Å². The molecule has 9 aromatic rings. The Morgan fingerprint density at radius 3 is 1.67 bits per heavy atom. The molecule has 54 heavy (non-hydrogen) atoms. The topological polar surface area (TPSA) is 4.93 Å². The van der Waals surface area contributed by atoms with E-state index in [4.69, 9.17) is 0 Å². The average molecular weight is 694 g/mol. The number of para-hydroxylation sites is 1. The maximum absolute atomic E-state index is 2.41. The molecule has 1 nitrogen and oxygen atoms in total. The number of aryl methyl sites for hydroxylation is 1. The lowest BCUT2D eigenvalue weighted by molar-refractivity contribution is 0.661. The van der Waals surface area contributed by atoms with Crippen molar-refractivity contribution in [2.75, 3.05) is 0 Å². The molecule has 1 aromatic heterocycles. The minimum atomic E-state index is 0.439. The third-order valence-electron chi connectivity index (χ3n) is 11.2. The molecule has 0 saturated carbocycles. The SMILES string of the molecule is CCC(Cc1ccccc1-c1cc(-c2ccc3c(c2)c2ccccc2n3-c2ccc(-c3ccccc3)cc2)ccc1C)c1ccc(-c2ccccc2)cc1. The first kappa shape index (κ1) is 33.4. The van der Waals surface area contributed by atoms with Gasteiger partial charge in [0, 0.05) is 16.5 Å². The molecule has 9 rings (SSSR count). The van der Waals surface area contributed by atoms with Crippen LogP contribution >= 0.6 is 0 Å². The number of benzene rings is 8. The lowest BCUT2D eigenvalue weighted by atomic mass is 9.85. The van der Waals surface area contributed by atoms with Gasteiger partial charge in [-0.1, -0.05) is 165 Å². The molecule has 0 amide bonds. The molecule has 0 spiro atoms. The van der Waals surface area contributed by atoms with E-state index in [2.05, 4.69) is 213 Å². The van der Waals surface area contributed by atoms with Gasteiger partial charge in [-0.15, -0.1) is 0 Å². The Bertz CT molecular complexity index is 2700. The van der Waals surface area contributed by atoms with Crippen LogP contribution in [0.25, 0.3) is 72.0 Å². The van der Waals surface area contributed by atoms with Crippen LogP contribution < -0.4 is 0 Å². The Labute approximate surface area is 318 Å². The van der Waals surface area contributed by atoms with Gasteiger partial charge >= 0.3 is 0 Å². The minimum Gasteiger partial charge on any atom is -0.309 e. The Balaban J connectivity index is 1.05. The average Bonchev–Trinajstić information content (AvgIpc) is 3.57. The third kappa shape index (κ3) is 6.33. The van der Waals surface area contributed by atoms with E-state index in [1.54, 1.807) is 0 Å². The largest absolute Gasteiger partial charge is 0.309 e. The van der Waals surface area contributed by atoms with E-state index in [1.807, 2.05) is 0 Å². The Hall–Kier alpha value is -6.44. The van der Waals surface area contributed by atoms with Gasteiger partial charge in [-0.25, -0.2) is 0 Å². The molecule has 1 heteroatoms. The van der Waals surface area contributed by atoms with Gasteiger partial charge in [0.2, 0.25) is 0 Å². The molecule has 0 N–H and O–H groups in total. The highest BCUT2D eigenvalue weighted by molar-refractivity contribution is 6.10. The first-order chi connectivity index (χ1) is 26.6. The Morgan fingerprint density at radius 1 is 0.426 bits per heavy atom. The van der Waals surface area contributed by atoms with Crippen molar-refractivity contribution < 1.29 is 0 Å². The van der Waals surface area contributed by atoms with Crippen LogP contribution in [-0.4, -0.2) is 4.57 Å². The van der Waals surface area contributed by atoms with Crippen LogP contribution in [0.4, 0.5) is 0 Å². The zero-order chi connectivity index (χ0) is 36.4. The molecule has 0 aliphatic rings. The second-order valence-electron chi connectivity index (χ2n) is 14.5. The summed E-state index contributed by atoms with van der Waals surface area (Å²) in [5.74, 6) is 0.439. The number of hydrogen-bond donors (Lipinski definition) is 0. The van der Waals surface area contributed by atoms with Crippen LogP contribution in [-0.2, 0) is 6.42 Å². The van der Waals surface area contributed by atoms with Gasteiger partial charge in [0.15, 0.2) is 0 Å². The van der Waals surface area contributed by atoms with Gasteiger partial charge in [-0.2, -0.15) is 0 Å². The van der Waals surface area contributed by atoms with Crippen LogP contribution in [0.15, 0.2) is 194 Å². The highest BCUT2D eigenvalue weighted by atomic mass is 15.0. The van der Waals surface area contributed by atoms with Crippen LogP contribution in [0.2, 0.25) is 0 Å². The molecule has 260 valence electrons. The summed E-state index contributed by atoms with van der Waals surface area (Å²) >= 11 is 0. The third-order valence-corrected chi connectivity index (χ3v) is 11.2. The maximum atomic E-state index is 2.41. The summed E-state index contributed by atoms with van der Waals surface area (Å²) < 4.78 is 2.40. The quantitative estimate of drug-likeness (QED) is 0.142. The number of nitrogens with zero attached hydrogens (tertiary/aromatic N) is 1. The second kappa shape index (κ2) is 14.5. The van der Waals surface area contributed by atoms with E-state index in [-0.39, 0.29) is 0 Å². The van der Waals surface area contributed by atoms with E-state index >= 15 is 0 Å². The molecule has 1 heterocycles.